The lowest BCUT2D eigenvalue weighted by atomic mass is 10.0. The molecule has 7 heteroatoms. The number of nitrogen functional groups attached to an aromatic ring is 1. The molecule has 0 aliphatic carbocycles. The molecule has 1 aliphatic heterocycles. The van der Waals surface area contributed by atoms with Crippen LogP contribution in [0, 0.1) is 0 Å². The number of carbonyl (C=O) groups excluding carboxylic acids is 1. The molecule has 0 atom stereocenters. The predicted octanol–water partition coefficient (Wildman–Crippen LogP) is 2.19. The molecule has 4 N–H and O–H groups in total. The zero-order chi connectivity index (χ0) is 12.3. The molecule has 2 heterocycles. The van der Waals surface area contributed by atoms with Crippen LogP contribution in [0.15, 0.2) is 0 Å². The lowest BCUT2D eigenvalue weighted by Gasteiger charge is -2.22. The van der Waals surface area contributed by atoms with Crippen molar-refractivity contribution in [3.8, 4) is 0 Å². The van der Waals surface area contributed by atoms with Crippen molar-refractivity contribution >= 4 is 59.5 Å². The summed E-state index contributed by atoms with van der Waals surface area (Å²) in [5.41, 5.74) is 12.7. The molecule has 1 aromatic rings. The van der Waals surface area contributed by atoms with Gasteiger partial charge in [-0.15, -0.1) is 11.3 Å². The Morgan fingerprint density at radius 1 is 1.50 bits per heavy atom. The number of nitrogens with zero attached hydrogens (tertiary/aromatic N) is 1. The summed E-state index contributed by atoms with van der Waals surface area (Å²) in [5.74, 6) is -0.399. The van der Waals surface area contributed by atoms with E-state index < -0.39 is 5.91 Å². The van der Waals surface area contributed by atoms with E-state index in [1.54, 1.807) is 0 Å². The second-order valence-electron chi connectivity index (χ2n) is 3.60. The van der Waals surface area contributed by atoms with E-state index in [9.17, 15) is 4.79 Å². The monoisotopic (exact) mass is 465 g/mol. The maximum absolute atomic E-state index is 11.2. The minimum Gasteiger partial charge on any atom is -0.390 e. The molecule has 0 fully saturated rings. The molecule has 1 aromatic heterocycles. The van der Waals surface area contributed by atoms with E-state index in [2.05, 4.69) is 49.2 Å². The van der Waals surface area contributed by atoms with Gasteiger partial charge in [0.25, 0.3) is 5.91 Å². The number of halogens is 2. The molecule has 1 amide bonds. The van der Waals surface area contributed by atoms with Crippen molar-refractivity contribution in [1.82, 2.24) is 4.90 Å². The van der Waals surface area contributed by atoms with Crippen LogP contribution in [0.5, 0.6) is 0 Å². The van der Waals surface area contributed by atoms with Gasteiger partial charge in [-0.1, -0.05) is 0 Å². The quantitative estimate of drug-likeness (QED) is 0.626. The van der Waals surface area contributed by atoms with Gasteiger partial charge in [0, 0.05) is 55.2 Å². The first kappa shape index (κ1) is 14.5. The van der Waals surface area contributed by atoms with Crippen molar-refractivity contribution in [2.24, 2.45) is 5.73 Å². The van der Waals surface area contributed by atoms with E-state index in [1.807, 2.05) is 0 Å². The fourth-order valence-electron chi connectivity index (χ4n) is 1.82. The van der Waals surface area contributed by atoms with Crippen molar-refractivity contribution in [1.29, 1.82) is 0 Å². The lowest BCUT2D eigenvalue weighted by molar-refractivity contribution is 0.1000. The van der Waals surface area contributed by atoms with Crippen LogP contribution in [0.25, 0.3) is 0 Å². The number of primary amides is 1. The molecule has 0 aromatic carbocycles. The summed E-state index contributed by atoms with van der Waals surface area (Å²) in [6.45, 7) is 1.83. The lowest BCUT2D eigenvalue weighted by Crippen LogP contribution is -2.27. The average molecular weight is 465 g/mol. The standard InChI is InChI=1S/C9H13N3OS.I2/c1-12-3-2-5-6(4-12)14-9(11)7(5)8(10)13;1-2/h2-4,11H2,1H3,(H2,10,13);. The van der Waals surface area contributed by atoms with E-state index >= 15 is 0 Å². The highest BCUT2D eigenvalue weighted by molar-refractivity contribution is 15.0. The van der Waals surface area contributed by atoms with Crippen LogP contribution in [0.1, 0.15) is 20.8 Å². The Bertz CT molecular complexity index is 394. The van der Waals surface area contributed by atoms with Gasteiger partial charge in [0.1, 0.15) is 0 Å². The number of hydrogen-bond donors (Lipinski definition) is 2. The maximum atomic E-state index is 11.2. The number of hydrogen-bond acceptors (Lipinski definition) is 4. The molecule has 0 radical (unpaired) electrons. The van der Waals surface area contributed by atoms with Gasteiger partial charge in [-0.05, 0) is 19.0 Å². The SMILES string of the molecule is CN1CCc2c(sc(N)c2C(N)=O)C1.II. The summed E-state index contributed by atoms with van der Waals surface area (Å²) in [6, 6.07) is 0. The number of fused-ring (bicyclic) bond motifs is 1. The first-order chi connectivity index (χ1) is 7.59. The minimum absolute atomic E-state index is 0.399. The van der Waals surface area contributed by atoms with E-state index in [1.165, 1.54) is 16.2 Å². The zero-order valence-corrected chi connectivity index (χ0v) is 13.9. The summed E-state index contributed by atoms with van der Waals surface area (Å²) in [4.78, 5) is 14.6. The molecule has 0 saturated carbocycles. The van der Waals surface area contributed by atoms with Gasteiger partial charge in [0.2, 0.25) is 0 Å². The van der Waals surface area contributed by atoms with Crippen LogP contribution in [-0.4, -0.2) is 24.4 Å². The third-order valence-electron chi connectivity index (χ3n) is 2.52. The van der Waals surface area contributed by atoms with E-state index in [0.29, 0.717) is 10.6 Å². The molecular weight excluding hydrogens is 452 g/mol. The van der Waals surface area contributed by atoms with Crippen molar-refractivity contribution in [3.05, 3.63) is 16.0 Å². The molecule has 0 saturated heterocycles. The molecule has 1 aliphatic rings. The molecule has 16 heavy (non-hydrogen) atoms. The number of likely N-dealkylation sites (N-methyl/N-ethyl adjacent to an activating group) is 1. The third-order valence-corrected chi connectivity index (χ3v) is 3.57. The number of amides is 1. The van der Waals surface area contributed by atoms with E-state index in [-0.39, 0.29) is 0 Å². The first-order valence-electron chi connectivity index (χ1n) is 4.62. The van der Waals surface area contributed by atoms with Crippen LogP contribution < -0.4 is 11.5 Å². The summed E-state index contributed by atoms with van der Waals surface area (Å²) >= 11 is 5.72. The second-order valence-corrected chi connectivity index (χ2v) is 4.73. The molecule has 0 spiro atoms. The molecular formula is C9H13I2N3OS. The Hall–Kier alpha value is 0.390. The molecule has 0 bridgehead atoms. The molecule has 90 valence electrons. The Morgan fingerprint density at radius 2 is 2.12 bits per heavy atom. The summed E-state index contributed by atoms with van der Waals surface area (Å²) in [6.07, 6.45) is 0.873. The number of nitrogens with two attached hydrogens (primary N) is 2. The van der Waals surface area contributed by atoms with E-state index in [4.69, 9.17) is 11.5 Å². The van der Waals surface area contributed by atoms with Gasteiger partial charge >= 0.3 is 0 Å². The van der Waals surface area contributed by atoms with Crippen LogP contribution in [0.3, 0.4) is 0 Å². The summed E-state index contributed by atoms with van der Waals surface area (Å²) in [7, 11) is 2.06. The Balaban J connectivity index is 0.000000606. The Labute approximate surface area is 122 Å². The molecule has 0 unspecified atom stereocenters. The predicted molar refractivity (Wildman–Crippen MR) is 85.3 cm³/mol. The second kappa shape index (κ2) is 6.36. The van der Waals surface area contributed by atoms with Crippen LogP contribution in [0.4, 0.5) is 5.00 Å². The van der Waals surface area contributed by atoms with Crippen LogP contribution in [-0.2, 0) is 13.0 Å². The Kier molecular flexibility index (Phi) is 5.74. The highest BCUT2D eigenvalue weighted by atomic mass is 128. The average Bonchev–Trinajstić information content (AvgIpc) is 2.56. The number of anilines is 1. The minimum atomic E-state index is -0.399. The van der Waals surface area contributed by atoms with Crippen molar-refractivity contribution < 1.29 is 4.79 Å². The van der Waals surface area contributed by atoms with Gasteiger partial charge in [0.15, 0.2) is 0 Å². The van der Waals surface area contributed by atoms with Crippen molar-refractivity contribution in [2.45, 2.75) is 13.0 Å². The molecule has 2 rings (SSSR count). The summed E-state index contributed by atoms with van der Waals surface area (Å²) < 4.78 is 0. The van der Waals surface area contributed by atoms with Gasteiger partial charge in [-0.3, -0.25) is 4.79 Å². The largest absolute Gasteiger partial charge is 0.390 e. The fourth-order valence-corrected chi connectivity index (χ4v) is 3.03. The van der Waals surface area contributed by atoms with E-state index in [0.717, 1.165) is 25.1 Å². The Morgan fingerprint density at radius 3 is 2.69 bits per heavy atom. The smallest absolute Gasteiger partial charge is 0.251 e. The van der Waals surface area contributed by atoms with Gasteiger partial charge in [-0.2, -0.15) is 0 Å². The van der Waals surface area contributed by atoms with Gasteiger partial charge in [-0.25, -0.2) is 0 Å². The highest BCUT2D eigenvalue weighted by Gasteiger charge is 2.24. The summed E-state index contributed by atoms with van der Waals surface area (Å²) in [5, 5.41) is 0.567. The number of thiophene rings is 1. The fraction of sp³-hybridized carbons (Fsp3) is 0.444. The normalized spacial score (nSPS) is 14.9. The zero-order valence-electron chi connectivity index (χ0n) is 8.80. The maximum Gasteiger partial charge on any atom is 0.251 e. The van der Waals surface area contributed by atoms with Crippen LogP contribution >= 0.6 is 48.6 Å². The van der Waals surface area contributed by atoms with Gasteiger partial charge < -0.3 is 16.4 Å². The van der Waals surface area contributed by atoms with Gasteiger partial charge in [0.05, 0.1) is 10.6 Å². The number of carbonyl (C=O) groups is 1. The van der Waals surface area contributed by atoms with Crippen LogP contribution in [0.2, 0.25) is 0 Å². The van der Waals surface area contributed by atoms with Crippen molar-refractivity contribution in [2.75, 3.05) is 19.3 Å². The van der Waals surface area contributed by atoms with Crippen molar-refractivity contribution in [3.63, 3.8) is 0 Å². The molecule has 4 nitrogen and oxygen atoms in total. The first-order valence-corrected chi connectivity index (χ1v) is 11.7. The highest BCUT2D eigenvalue weighted by Crippen LogP contribution is 2.34. The third kappa shape index (κ3) is 2.99. The number of rotatable bonds is 1. The topological polar surface area (TPSA) is 72.3 Å².